The minimum absolute atomic E-state index is 0.203. The Labute approximate surface area is 123 Å². The number of nitro groups is 1. The van der Waals surface area contributed by atoms with Gasteiger partial charge in [-0.2, -0.15) is 4.39 Å². The molecule has 0 saturated heterocycles. The van der Waals surface area contributed by atoms with Crippen LogP contribution >= 0.6 is 11.8 Å². The third-order valence-corrected chi connectivity index (χ3v) is 4.47. The molecule has 1 aromatic heterocycles. The summed E-state index contributed by atoms with van der Waals surface area (Å²) in [7, 11) is 0. The molecule has 0 unspecified atom stereocenters. The van der Waals surface area contributed by atoms with E-state index in [1.807, 2.05) is 0 Å². The van der Waals surface area contributed by atoms with Gasteiger partial charge in [0.05, 0.1) is 15.9 Å². The van der Waals surface area contributed by atoms with Crippen LogP contribution in [0, 0.1) is 15.9 Å². The number of nitrogens with zero attached hydrogens (tertiary/aromatic N) is 5. The van der Waals surface area contributed by atoms with Gasteiger partial charge in [-0.05, 0) is 47.2 Å². The molecule has 0 bridgehead atoms. The number of halogens is 1. The van der Waals surface area contributed by atoms with Crippen LogP contribution in [-0.4, -0.2) is 25.1 Å². The molecule has 1 saturated carbocycles. The fourth-order valence-corrected chi connectivity index (χ4v) is 3.45. The number of benzene rings is 1. The van der Waals surface area contributed by atoms with Crippen molar-refractivity contribution in [2.45, 2.75) is 41.8 Å². The molecule has 110 valence electrons. The summed E-state index contributed by atoms with van der Waals surface area (Å²) in [5.74, 6) is -0.857. The highest BCUT2D eigenvalue weighted by Gasteiger charge is 2.25. The van der Waals surface area contributed by atoms with Crippen LogP contribution in [0.25, 0.3) is 0 Å². The van der Waals surface area contributed by atoms with E-state index in [4.69, 9.17) is 0 Å². The Hall–Kier alpha value is -2.03. The normalized spacial score (nSPS) is 15.5. The van der Waals surface area contributed by atoms with Gasteiger partial charge < -0.3 is 0 Å². The molecule has 3 rings (SSSR count). The van der Waals surface area contributed by atoms with Crippen molar-refractivity contribution in [3.63, 3.8) is 0 Å². The highest BCUT2D eigenvalue weighted by atomic mass is 32.2. The average Bonchev–Trinajstić information content (AvgIpc) is 3.08. The average molecular weight is 309 g/mol. The van der Waals surface area contributed by atoms with Crippen molar-refractivity contribution in [2.24, 2.45) is 0 Å². The summed E-state index contributed by atoms with van der Waals surface area (Å²) < 4.78 is 15.3. The van der Waals surface area contributed by atoms with Crippen molar-refractivity contribution in [1.29, 1.82) is 0 Å². The van der Waals surface area contributed by atoms with Gasteiger partial charge in [0.15, 0.2) is 0 Å². The number of hydrogen-bond donors (Lipinski definition) is 0. The largest absolute Gasteiger partial charge is 0.318 e. The highest BCUT2D eigenvalue weighted by molar-refractivity contribution is 7.99. The van der Waals surface area contributed by atoms with E-state index in [9.17, 15) is 14.5 Å². The van der Waals surface area contributed by atoms with Crippen molar-refractivity contribution in [2.75, 3.05) is 0 Å². The van der Waals surface area contributed by atoms with Crippen molar-refractivity contribution < 1.29 is 9.31 Å². The van der Waals surface area contributed by atoms with Gasteiger partial charge in [0.25, 0.3) is 0 Å². The first kappa shape index (κ1) is 13.9. The lowest BCUT2D eigenvalue weighted by atomic mass is 10.3. The zero-order valence-corrected chi connectivity index (χ0v) is 11.8. The van der Waals surface area contributed by atoms with Gasteiger partial charge in [0.1, 0.15) is 0 Å². The summed E-state index contributed by atoms with van der Waals surface area (Å²) >= 11 is 1.02. The fraction of sp³-hybridized carbons (Fsp3) is 0.417. The van der Waals surface area contributed by atoms with Gasteiger partial charge in [-0.25, -0.2) is 4.68 Å². The van der Waals surface area contributed by atoms with Crippen molar-refractivity contribution in [1.82, 2.24) is 20.2 Å². The van der Waals surface area contributed by atoms with Gasteiger partial charge in [0, 0.05) is 0 Å². The molecule has 0 radical (unpaired) electrons. The summed E-state index contributed by atoms with van der Waals surface area (Å²) in [4.78, 5) is 10.5. The van der Waals surface area contributed by atoms with Gasteiger partial charge in [-0.3, -0.25) is 10.1 Å². The van der Waals surface area contributed by atoms with Gasteiger partial charge in [-0.15, -0.1) is 5.10 Å². The monoisotopic (exact) mass is 309 g/mol. The zero-order chi connectivity index (χ0) is 14.8. The first-order valence-corrected chi connectivity index (χ1v) is 7.37. The number of rotatable bonds is 4. The maximum absolute atomic E-state index is 13.6. The predicted molar refractivity (Wildman–Crippen MR) is 72.5 cm³/mol. The second kappa shape index (κ2) is 5.76. The lowest BCUT2D eigenvalue weighted by Gasteiger charge is -2.10. The third kappa shape index (κ3) is 2.73. The van der Waals surface area contributed by atoms with E-state index in [0.29, 0.717) is 5.16 Å². The SMILES string of the molecule is O=[N+]([O-])c1c(F)cccc1Sc1nnnn1C1CCCC1. The Kier molecular flexibility index (Phi) is 3.82. The fourth-order valence-electron chi connectivity index (χ4n) is 2.48. The lowest BCUT2D eigenvalue weighted by Crippen LogP contribution is -2.08. The Morgan fingerprint density at radius 2 is 2.14 bits per heavy atom. The first-order valence-electron chi connectivity index (χ1n) is 6.55. The maximum atomic E-state index is 13.6. The van der Waals surface area contributed by atoms with Crippen molar-refractivity contribution >= 4 is 17.4 Å². The van der Waals surface area contributed by atoms with Crippen LogP contribution in [0.5, 0.6) is 0 Å². The van der Waals surface area contributed by atoms with E-state index in [2.05, 4.69) is 15.5 Å². The number of nitro benzene ring substituents is 1. The third-order valence-electron chi connectivity index (χ3n) is 3.47. The van der Waals surface area contributed by atoms with E-state index < -0.39 is 16.4 Å². The molecule has 0 N–H and O–H groups in total. The number of aromatic nitrogens is 4. The van der Waals surface area contributed by atoms with Gasteiger partial charge >= 0.3 is 5.69 Å². The molecule has 0 aliphatic heterocycles. The molecule has 21 heavy (non-hydrogen) atoms. The van der Waals surface area contributed by atoms with E-state index in [1.54, 1.807) is 4.68 Å². The first-order chi connectivity index (χ1) is 10.2. The topological polar surface area (TPSA) is 86.7 Å². The molecule has 1 aromatic carbocycles. The highest BCUT2D eigenvalue weighted by Crippen LogP contribution is 2.37. The molecule has 0 spiro atoms. The molecule has 9 heteroatoms. The van der Waals surface area contributed by atoms with E-state index >= 15 is 0 Å². The van der Waals surface area contributed by atoms with Crippen LogP contribution in [0.4, 0.5) is 10.1 Å². The minimum Gasteiger partial charge on any atom is -0.258 e. The van der Waals surface area contributed by atoms with E-state index in [0.717, 1.165) is 43.5 Å². The summed E-state index contributed by atoms with van der Waals surface area (Å²) in [5.41, 5.74) is -0.538. The smallest absolute Gasteiger partial charge is 0.258 e. The summed E-state index contributed by atoms with van der Waals surface area (Å²) in [6, 6.07) is 4.23. The maximum Gasteiger partial charge on any atom is 0.318 e. The van der Waals surface area contributed by atoms with E-state index in [1.165, 1.54) is 12.1 Å². The van der Waals surface area contributed by atoms with Crippen molar-refractivity contribution in [3.05, 3.63) is 34.1 Å². The van der Waals surface area contributed by atoms with Gasteiger partial charge in [0.2, 0.25) is 11.0 Å². The van der Waals surface area contributed by atoms with Crippen LogP contribution in [-0.2, 0) is 0 Å². The summed E-state index contributed by atoms with van der Waals surface area (Å²) in [5, 5.41) is 23.0. The molecule has 1 heterocycles. The zero-order valence-electron chi connectivity index (χ0n) is 11.0. The van der Waals surface area contributed by atoms with Crippen LogP contribution in [0.1, 0.15) is 31.7 Å². The minimum atomic E-state index is -0.857. The van der Waals surface area contributed by atoms with Crippen molar-refractivity contribution in [3.8, 4) is 0 Å². The van der Waals surface area contributed by atoms with Crippen LogP contribution < -0.4 is 0 Å². The molecule has 7 nitrogen and oxygen atoms in total. The quantitative estimate of drug-likeness (QED) is 0.637. The molecule has 2 aromatic rings. The molecule has 1 aliphatic rings. The summed E-state index contributed by atoms with van der Waals surface area (Å²) in [6.45, 7) is 0. The molecule has 1 aliphatic carbocycles. The van der Waals surface area contributed by atoms with Gasteiger partial charge in [-0.1, -0.05) is 18.9 Å². The number of hydrogen-bond acceptors (Lipinski definition) is 6. The molecule has 0 atom stereocenters. The Balaban J connectivity index is 1.93. The Morgan fingerprint density at radius 3 is 2.86 bits per heavy atom. The number of para-hydroxylation sites is 1. The molecule has 0 amide bonds. The summed E-state index contributed by atoms with van der Waals surface area (Å²) in [6.07, 6.45) is 4.22. The second-order valence-electron chi connectivity index (χ2n) is 4.79. The molecule has 1 fully saturated rings. The Morgan fingerprint density at radius 1 is 1.38 bits per heavy atom. The molecular weight excluding hydrogens is 297 g/mol. The predicted octanol–water partition coefficient (Wildman–Crippen LogP) is 2.99. The lowest BCUT2D eigenvalue weighted by molar-refractivity contribution is -0.390. The second-order valence-corrected chi connectivity index (χ2v) is 5.80. The molecular formula is C12H12FN5O2S. The van der Waals surface area contributed by atoms with Crippen LogP contribution in [0.3, 0.4) is 0 Å². The van der Waals surface area contributed by atoms with Crippen LogP contribution in [0.2, 0.25) is 0 Å². The Bertz CT molecular complexity index is 671. The standard InChI is InChI=1S/C12H12FN5O2S/c13-9-6-3-7-10(11(9)18(19)20)21-12-14-15-16-17(12)8-4-1-2-5-8/h3,6-8H,1-2,4-5H2. The van der Waals surface area contributed by atoms with Crippen LogP contribution in [0.15, 0.2) is 28.3 Å². The number of tetrazole rings is 1. The van der Waals surface area contributed by atoms with E-state index in [-0.39, 0.29) is 10.9 Å².